The standard InChI is InChI=1S/C11H12N4O3/c1-8(16)6-14-7-12-11(13-14)9-3-2-4-10(5-9)15(17)18/h2-5,7-8,16H,6H2,1H3/t8-/m0/s1. The molecule has 2 rings (SSSR count). The van der Waals surface area contributed by atoms with Gasteiger partial charge in [-0.1, -0.05) is 12.1 Å². The number of aliphatic hydroxyl groups is 1. The van der Waals surface area contributed by atoms with Crippen LogP contribution in [-0.4, -0.2) is 30.9 Å². The van der Waals surface area contributed by atoms with Crippen LogP contribution in [0, 0.1) is 10.1 Å². The van der Waals surface area contributed by atoms with Crippen LogP contribution < -0.4 is 0 Å². The van der Waals surface area contributed by atoms with Gasteiger partial charge >= 0.3 is 0 Å². The van der Waals surface area contributed by atoms with Gasteiger partial charge < -0.3 is 5.11 Å². The maximum absolute atomic E-state index is 10.7. The number of hydrogen-bond acceptors (Lipinski definition) is 5. The van der Waals surface area contributed by atoms with Crippen molar-refractivity contribution >= 4 is 5.69 Å². The molecule has 1 heterocycles. The molecule has 1 aromatic carbocycles. The predicted molar refractivity (Wildman–Crippen MR) is 63.8 cm³/mol. The summed E-state index contributed by atoms with van der Waals surface area (Å²) in [5, 5.41) is 24.0. The monoisotopic (exact) mass is 248 g/mol. The Morgan fingerprint density at radius 2 is 2.33 bits per heavy atom. The minimum atomic E-state index is -0.523. The average Bonchev–Trinajstić information content (AvgIpc) is 2.77. The number of nitro groups is 1. The van der Waals surface area contributed by atoms with E-state index in [1.165, 1.54) is 23.1 Å². The molecule has 2 aromatic rings. The van der Waals surface area contributed by atoms with Crippen molar-refractivity contribution in [1.29, 1.82) is 0 Å². The maximum Gasteiger partial charge on any atom is 0.270 e. The quantitative estimate of drug-likeness (QED) is 0.648. The van der Waals surface area contributed by atoms with E-state index in [-0.39, 0.29) is 5.69 Å². The van der Waals surface area contributed by atoms with E-state index in [1.807, 2.05) is 0 Å². The minimum Gasteiger partial charge on any atom is -0.391 e. The number of non-ortho nitro benzene ring substituents is 1. The van der Waals surface area contributed by atoms with E-state index >= 15 is 0 Å². The lowest BCUT2D eigenvalue weighted by molar-refractivity contribution is -0.384. The number of nitrogens with zero attached hydrogens (tertiary/aromatic N) is 4. The summed E-state index contributed by atoms with van der Waals surface area (Å²) in [6.45, 7) is 1.98. The second-order valence-electron chi connectivity index (χ2n) is 3.95. The van der Waals surface area contributed by atoms with Gasteiger partial charge in [0, 0.05) is 17.7 Å². The van der Waals surface area contributed by atoms with E-state index in [9.17, 15) is 15.2 Å². The van der Waals surface area contributed by atoms with Gasteiger partial charge in [-0.15, -0.1) is 0 Å². The highest BCUT2D eigenvalue weighted by Crippen LogP contribution is 2.20. The van der Waals surface area contributed by atoms with Crippen molar-refractivity contribution in [2.24, 2.45) is 0 Å². The summed E-state index contributed by atoms with van der Waals surface area (Å²) in [7, 11) is 0. The summed E-state index contributed by atoms with van der Waals surface area (Å²) < 4.78 is 1.50. The summed E-state index contributed by atoms with van der Waals surface area (Å²) in [5.41, 5.74) is 0.577. The smallest absolute Gasteiger partial charge is 0.270 e. The maximum atomic E-state index is 10.7. The SMILES string of the molecule is C[C@H](O)Cn1cnc(-c2cccc([N+](=O)[O-])c2)n1. The summed E-state index contributed by atoms with van der Waals surface area (Å²) in [6.07, 6.45) is 0.964. The zero-order valence-corrected chi connectivity index (χ0v) is 9.72. The average molecular weight is 248 g/mol. The number of benzene rings is 1. The number of aliphatic hydroxyl groups excluding tert-OH is 1. The second kappa shape index (κ2) is 4.92. The third kappa shape index (κ3) is 2.69. The summed E-state index contributed by atoms with van der Waals surface area (Å²) in [6, 6.07) is 6.12. The van der Waals surface area contributed by atoms with E-state index in [2.05, 4.69) is 10.1 Å². The fourth-order valence-electron chi connectivity index (χ4n) is 1.54. The van der Waals surface area contributed by atoms with Crippen LogP contribution in [0.1, 0.15) is 6.92 Å². The zero-order valence-electron chi connectivity index (χ0n) is 9.72. The summed E-state index contributed by atoms with van der Waals surface area (Å²) >= 11 is 0. The Kier molecular flexibility index (Phi) is 3.33. The van der Waals surface area contributed by atoms with Gasteiger partial charge in [-0.3, -0.25) is 10.1 Å². The highest BCUT2D eigenvalue weighted by Gasteiger charge is 2.10. The zero-order chi connectivity index (χ0) is 13.1. The molecule has 0 aliphatic carbocycles. The molecule has 0 aliphatic heterocycles. The van der Waals surface area contributed by atoms with E-state index in [4.69, 9.17) is 0 Å². The van der Waals surface area contributed by atoms with Crippen LogP contribution >= 0.6 is 0 Å². The minimum absolute atomic E-state index is 0.000578. The van der Waals surface area contributed by atoms with Crippen LogP contribution in [0.5, 0.6) is 0 Å². The first-order valence-corrected chi connectivity index (χ1v) is 5.38. The van der Waals surface area contributed by atoms with Gasteiger partial charge in [0.2, 0.25) is 0 Å². The molecular formula is C11H12N4O3. The number of aromatic nitrogens is 3. The van der Waals surface area contributed by atoms with E-state index in [0.29, 0.717) is 17.9 Å². The molecule has 0 spiro atoms. The summed E-state index contributed by atoms with van der Waals surface area (Å²) in [4.78, 5) is 14.3. The van der Waals surface area contributed by atoms with Gasteiger partial charge in [0.1, 0.15) is 6.33 Å². The Morgan fingerprint density at radius 3 is 3.00 bits per heavy atom. The Balaban J connectivity index is 2.28. The third-order valence-corrected chi connectivity index (χ3v) is 2.30. The Hall–Kier alpha value is -2.28. The van der Waals surface area contributed by atoms with Crippen LogP contribution in [0.2, 0.25) is 0 Å². The topological polar surface area (TPSA) is 94.1 Å². The lowest BCUT2D eigenvalue weighted by atomic mass is 10.2. The van der Waals surface area contributed by atoms with E-state index in [0.717, 1.165) is 0 Å². The Bertz CT molecular complexity index is 565. The molecule has 0 radical (unpaired) electrons. The van der Waals surface area contributed by atoms with Crippen LogP contribution in [0.4, 0.5) is 5.69 Å². The van der Waals surface area contributed by atoms with Gasteiger partial charge in [-0.05, 0) is 6.92 Å². The van der Waals surface area contributed by atoms with Crippen LogP contribution in [0.25, 0.3) is 11.4 Å². The molecule has 0 saturated heterocycles. The van der Waals surface area contributed by atoms with Crippen molar-refractivity contribution in [3.8, 4) is 11.4 Å². The predicted octanol–water partition coefficient (Wildman–Crippen LogP) is 1.23. The van der Waals surface area contributed by atoms with Crippen molar-refractivity contribution in [1.82, 2.24) is 14.8 Å². The molecule has 0 amide bonds. The molecule has 0 fully saturated rings. The molecule has 1 aromatic heterocycles. The first-order valence-electron chi connectivity index (χ1n) is 5.38. The lowest BCUT2D eigenvalue weighted by Gasteiger charge is -2.01. The highest BCUT2D eigenvalue weighted by atomic mass is 16.6. The van der Waals surface area contributed by atoms with Gasteiger partial charge in [0.15, 0.2) is 5.82 Å². The van der Waals surface area contributed by atoms with Crippen LogP contribution in [0.3, 0.4) is 0 Å². The van der Waals surface area contributed by atoms with Crippen molar-refractivity contribution < 1.29 is 10.0 Å². The molecule has 1 atom stereocenters. The number of nitro benzene ring substituents is 1. The molecule has 7 nitrogen and oxygen atoms in total. The third-order valence-electron chi connectivity index (χ3n) is 2.30. The first kappa shape index (κ1) is 12.2. The van der Waals surface area contributed by atoms with Gasteiger partial charge in [-0.2, -0.15) is 5.10 Å². The first-order chi connectivity index (χ1) is 8.56. The van der Waals surface area contributed by atoms with Gasteiger partial charge in [-0.25, -0.2) is 9.67 Å². The molecule has 0 saturated carbocycles. The van der Waals surface area contributed by atoms with Gasteiger partial charge in [0.05, 0.1) is 17.6 Å². The van der Waals surface area contributed by atoms with Gasteiger partial charge in [0.25, 0.3) is 5.69 Å². The highest BCUT2D eigenvalue weighted by molar-refractivity contribution is 5.58. The lowest BCUT2D eigenvalue weighted by Crippen LogP contribution is -2.11. The molecule has 0 bridgehead atoms. The Labute approximate surface area is 103 Å². The molecule has 0 aliphatic rings. The molecule has 94 valence electrons. The molecule has 7 heteroatoms. The van der Waals surface area contributed by atoms with Crippen molar-refractivity contribution in [2.75, 3.05) is 0 Å². The fraction of sp³-hybridized carbons (Fsp3) is 0.273. The number of hydrogen-bond donors (Lipinski definition) is 1. The van der Waals surface area contributed by atoms with E-state index in [1.54, 1.807) is 19.1 Å². The van der Waals surface area contributed by atoms with Crippen molar-refractivity contribution in [2.45, 2.75) is 19.6 Å². The molecule has 1 N–H and O–H groups in total. The molecular weight excluding hydrogens is 236 g/mol. The largest absolute Gasteiger partial charge is 0.391 e. The second-order valence-corrected chi connectivity index (χ2v) is 3.95. The van der Waals surface area contributed by atoms with Crippen LogP contribution in [0.15, 0.2) is 30.6 Å². The number of rotatable bonds is 4. The Morgan fingerprint density at radius 1 is 1.56 bits per heavy atom. The molecule has 18 heavy (non-hydrogen) atoms. The van der Waals surface area contributed by atoms with E-state index < -0.39 is 11.0 Å². The fourth-order valence-corrected chi connectivity index (χ4v) is 1.54. The summed E-state index contributed by atoms with van der Waals surface area (Å²) in [5.74, 6) is 0.402. The van der Waals surface area contributed by atoms with Crippen LogP contribution in [-0.2, 0) is 6.54 Å². The molecule has 0 unspecified atom stereocenters. The normalized spacial score (nSPS) is 12.3. The van der Waals surface area contributed by atoms with Crippen molar-refractivity contribution in [3.05, 3.63) is 40.7 Å². The van der Waals surface area contributed by atoms with Crippen molar-refractivity contribution in [3.63, 3.8) is 0 Å².